The van der Waals surface area contributed by atoms with Crippen molar-refractivity contribution in [2.75, 3.05) is 19.7 Å². The third-order valence-electron chi connectivity index (χ3n) is 3.33. The molecule has 1 aromatic carbocycles. The van der Waals surface area contributed by atoms with Gasteiger partial charge in [0.15, 0.2) is 11.7 Å². The average Bonchev–Trinajstić information content (AvgIpc) is 2.48. The largest absolute Gasteiger partial charge is 0.479 e. The van der Waals surface area contributed by atoms with E-state index in [2.05, 4.69) is 0 Å². The Labute approximate surface area is 133 Å². The summed E-state index contributed by atoms with van der Waals surface area (Å²) in [5, 5.41) is 9.57. The SMILES string of the molecule is CC(C)(Oc1ccc(Cl)cc1)C(=O)N1CCOC(C(=O)O)C1. The molecule has 0 bridgehead atoms. The van der Waals surface area contributed by atoms with Gasteiger partial charge in [-0.2, -0.15) is 0 Å². The zero-order chi connectivity index (χ0) is 16.3. The quantitative estimate of drug-likeness (QED) is 0.912. The van der Waals surface area contributed by atoms with Crippen molar-refractivity contribution >= 4 is 23.5 Å². The topological polar surface area (TPSA) is 76.1 Å². The molecule has 0 radical (unpaired) electrons. The van der Waals surface area contributed by atoms with Crippen molar-refractivity contribution < 1.29 is 24.2 Å². The zero-order valence-electron chi connectivity index (χ0n) is 12.4. The number of benzene rings is 1. The molecule has 1 saturated heterocycles. The summed E-state index contributed by atoms with van der Waals surface area (Å²) in [6.45, 7) is 3.85. The molecule has 0 saturated carbocycles. The Morgan fingerprint density at radius 1 is 1.36 bits per heavy atom. The van der Waals surface area contributed by atoms with Gasteiger partial charge in [0.05, 0.1) is 13.2 Å². The van der Waals surface area contributed by atoms with Crippen molar-refractivity contribution in [1.82, 2.24) is 4.90 Å². The van der Waals surface area contributed by atoms with Crippen molar-refractivity contribution in [2.24, 2.45) is 0 Å². The highest BCUT2D eigenvalue weighted by molar-refractivity contribution is 6.30. The van der Waals surface area contributed by atoms with Crippen LogP contribution in [0, 0.1) is 0 Å². The molecule has 0 aliphatic carbocycles. The van der Waals surface area contributed by atoms with Crippen LogP contribution in [0.5, 0.6) is 5.75 Å². The lowest BCUT2D eigenvalue weighted by Gasteiger charge is -2.36. The molecular weight excluding hydrogens is 310 g/mol. The summed E-state index contributed by atoms with van der Waals surface area (Å²) in [6.07, 6.45) is -0.996. The van der Waals surface area contributed by atoms with E-state index in [4.69, 9.17) is 26.2 Å². The Morgan fingerprint density at radius 3 is 2.59 bits per heavy atom. The van der Waals surface area contributed by atoms with Gasteiger partial charge in [-0.05, 0) is 38.1 Å². The first kappa shape index (κ1) is 16.6. The number of halogens is 1. The minimum Gasteiger partial charge on any atom is -0.479 e. The highest BCUT2D eigenvalue weighted by Crippen LogP contribution is 2.23. The van der Waals surface area contributed by atoms with Gasteiger partial charge in [0, 0.05) is 11.6 Å². The van der Waals surface area contributed by atoms with Crippen LogP contribution < -0.4 is 4.74 Å². The highest BCUT2D eigenvalue weighted by Gasteiger charge is 2.38. The molecule has 1 fully saturated rings. The Balaban J connectivity index is 2.06. The number of morpholine rings is 1. The van der Waals surface area contributed by atoms with Gasteiger partial charge in [-0.3, -0.25) is 4.79 Å². The summed E-state index contributed by atoms with van der Waals surface area (Å²) >= 11 is 5.81. The van der Waals surface area contributed by atoms with E-state index in [0.717, 1.165) is 0 Å². The second-order valence-electron chi connectivity index (χ2n) is 5.52. The van der Waals surface area contributed by atoms with Gasteiger partial charge in [0.25, 0.3) is 5.91 Å². The maximum absolute atomic E-state index is 12.6. The molecule has 120 valence electrons. The van der Waals surface area contributed by atoms with E-state index in [0.29, 0.717) is 17.3 Å². The predicted octanol–water partition coefficient (Wildman–Crippen LogP) is 1.81. The second kappa shape index (κ2) is 6.54. The minimum absolute atomic E-state index is 0.0155. The summed E-state index contributed by atoms with van der Waals surface area (Å²) < 4.78 is 10.8. The van der Waals surface area contributed by atoms with E-state index in [9.17, 15) is 9.59 Å². The second-order valence-corrected chi connectivity index (χ2v) is 5.95. The number of aliphatic carboxylic acids is 1. The van der Waals surface area contributed by atoms with Gasteiger partial charge < -0.3 is 19.5 Å². The van der Waals surface area contributed by atoms with E-state index >= 15 is 0 Å². The van der Waals surface area contributed by atoms with Crippen LogP contribution in [0.2, 0.25) is 5.02 Å². The average molecular weight is 328 g/mol. The maximum Gasteiger partial charge on any atom is 0.334 e. The number of hydrogen-bond acceptors (Lipinski definition) is 4. The molecule has 1 heterocycles. The molecule has 7 heteroatoms. The predicted molar refractivity (Wildman–Crippen MR) is 80.1 cm³/mol. The lowest BCUT2D eigenvalue weighted by molar-refractivity contribution is -0.164. The summed E-state index contributed by atoms with van der Waals surface area (Å²) in [5.74, 6) is -0.836. The molecule has 1 aliphatic heterocycles. The summed E-state index contributed by atoms with van der Waals surface area (Å²) in [5.41, 5.74) is -1.12. The van der Waals surface area contributed by atoms with Gasteiger partial charge in [-0.25, -0.2) is 4.79 Å². The summed E-state index contributed by atoms with van der Waals surface area (Å²) in [6, 6.07) is 6.70. The molecule has 6 nitrogen and oxygen atoms in total. The molecule has 1 aromatic rings. The number of ether oxygens (including phenoxy) is 2. The number of amides is 1. The lowest BCUT2D eigenvalue weighted by Crippen LogP contribution is -2.55. The fourth-order valence-corrected chi connectivity index (χ4v) is 2.33. The van der Waals surface area contributed by atoms with E-state index < -0.39 is 17.7 Å². The van der Waals surface area contributed by atoms with Crippen LogP contribution in [0.25, 0.3) is 0 Å². The van der Waals surface area contributed by atoms with Crippen molar-refractivity contribution in [3.8, 4) is 5.75 Å². The molecular formula is C15H18ClNO5. The number of carbonyl (C=O) groups excluding carboxylic acids is 1. The van der Waals surface area contributed by atoms with E-state index in [1.807, 2.05) is 0 Å². The van der Waals surface area contributed by atoms with Crippen molar-refractivity contribution in [3.63, 3.8) is 0 Å². The normalized spacial score (nSPS) is 18.9. The third kappa shape index (κ3) is 3.90. The van der Waals surface area contributed by atoms with E-state index in [1.54, 1.807) is 38.1 Å². The van der Waals surface area contributed by atoms with Crippen molar-refractivity contribution in [2.45, 2.75) is 25.6 Å². The standard InChI is InChI=1S/C15H18ClNO5/c1-15(2,22-11-5-3-10(16)4-6-11)14(20)17-7-8-21-12(9-17)13(18)19/h3-6,12H,7-9H2,1-2H3,(H,18,19). The zero-order valence-corrected chi connectivity index (χ0v) is 13.2. The number of hydrogen-bond donors (Lipinski definition) is 1. The first-order chi connectivity index (χ1) is 10.3. The van der Waals surface area contributed by atoms with Crippen LogP contribution in [0.4, 0.5) is 0 Å². The fraction of sp³-hybridized carbons (Fsp3) is 0.467. The molecule has 1 unspecified atom stereocenters. The molecule has 22 heavy (non-hydrogen) atoms. The molecule has 1 N–H and O–H groups in total. The van der Waals surface area contributed by atoms with Crippen LogP contribution in [-0.2, 0) is 14.3 Å². The number of carboxylic acids is 1. The van der Waals surface area contributed by atoms with E-state index in [-0.39, 0.29) is 19.1 Å². The van der Waals surface area contributed by atoms with E-state index in [1.165, 1.54) is 4.90 Å². The van der Waals surface area contributed by atoms with Crippen LogP contribution in [0.3, 0.4) is 0 Å². The third-order valence-corrected chi connectivity index (χ3v) is 3.58. The lowest BCUT2D eigenvalue weighted by atomic mass is 10.1. The Hall–Kier alpha value is -1.79. The Morgan fingerprint density at radius 2 is 2.00 bits per heavy atom. The minimum atomic E-state index is -1.12. The molecule has 0 spiro atoms. The van der Waals surface area contributed by atoms with Crippen molar-refractivity contribution in [3.05, 3.63) is 29.3 Å². The van der Waals surface area contributed by atoms with Gasteiger partial charge in [-0.1, -0.05) is 11.6 Å². The summed E-state index contributed by atoms with van der Waals surface area (Å²) in [4.78, 5) is 25.0. The Kier molecular flexibility index (Phi) is 4.93. The number of nitrogens with zero attached hydrogens (tertiary/aromatic N) is 1. The van der Waals surface area contributed by atoms with Gasteiger partial charge in [-0.15, -0.1) is 0 Å². The fourth-order valence-electron chi connectivity index (χ4n) is 2.20. The van der Waals surface area contributed by atoms with Gasteiger partial charge >= 0.3 is 5.97 Å². The summed E-state index contributed by atoms with van der Waals surface area (Å²) in [7, 11) is 0. The van der Waals surface area contributed by atoms with Crippen LogP contribution >= 0.6 is 11.6 Å². The first-order valence-corrected chi connectivity index (χ1v) is 7.26. The first-order valence-electron chi connectivity index (χ1n) is 6.88. The molecule has 2 rings (SSSR count). The molecule has 1 atom stereocenters. The number of rotatable bonds is 4. The van der Waals surface area contributed by atoms with Gasteiger partial charge in [0.1, 0.15) is 5.75 Å². The number of carbonyl (C=O) groups is 2. The van der Waals surface area contributed by atoms with Gasteiger partial charge in [0.2, 0.25) is 0 Å². The molecule has 1 aliphatic rings. The van der Waals surface area contributed by atoms with Crippen LogP contribution in [0.15, 0.2) is 24.3 Å². The van der Waals surface area contributed by atoms with Crippen LogP contribution in [-0.4, -0.2) is 53.3 Å². The monoisotopic (exact) mass is 327 g/mol. The maximum atomic E-state index is 12.6. The smallest absolute Gasteiger partial charge is 0.334 e. The molecule has 1 amide bonds. The number of carboxylic acid groups (broad SMARTS) is 1. The van der Waals surface area contributed by atoms with Crippen LogP contribution in [0.1, 0.15) is 13.8 Å². The Bertz CT molecular complexity index is 558. The van der Waals surface area contributed by atoms with Crippen molar-refractivity contribution in [1.29, 1.82) is 0 Å². The highest BCUT2D eigenvalue weighted by atomic mass is 35.5. The molecule has 0 aromatic heterocycles.